The zero-order chi connectivity index (χ0) is 20.3. The standard InChI is InChI=1S/C18H17ClN4O4S/c19-15-4-7-18(17(12-15)23(24)25)28(26,27)22-9-1-8-21(10-11-22)16-5-2-14(13-20)3-6-16/h2-7,12H,1,8-11H2. The third-order valence-corrected chi connectivity index (χ3v) is 6.73. The van der Waals surface area contributed by atoms with E-state index in [4.69, 9.17) is 16.9 Å². The first-order chi connectivity index (χ1) is 13.3. The van der Waals surface area contributed by atoms with Crippen LogP contribution in [0.4, 0.5) is 11.4 Å². The topological polar surface area (TPSA) is 108 Å². The van der Waals surface area contributed by atoms with E-state index in [1.807, 2.05) is 17.0 Å². The lowest BCUT2D eigenvalue weighted by molar-refractivity contribution is -0.387. The molecule has 0 spiro atoms. The number of anilines is 1. The molecule has 0 saturated carbocycles. The van der Waals surface area contributed by atoms with Crippen molar-refractivity contribution in [2.24, 2.45) is 0 Å². The number of halogens is 1. The maximum absolute atomic E-state index is 13.0. The molecular formula is C18H17ClN4O4S. The molecule has 0 atom stereocenters. The summed E-state index contributed by atoms with van der Waals surface area (Å²) >= 11 is 5.79. The van der Waals surface area contributed by atoms with Crippen LogP contribution in [0.2, 0.25) is 5.02 Å². The van der Waals surface area contributed by atoms with Crippen molar-refractivity contribution in [3.05, 3.63) is 63.2 Å². The van der Waals surface area contributed by atoms with Crippen molar-refractivity contribution in [2.75, 3.05) is 31.1 Å². The molecule has 3 rings (SSSR count). The molecular weight excluding hydrogens is 404 g/mol. The summed E-state index contributed by atoms with van der Waals surface area (Å²) in [6.07, 6.45) is 0.570. The van der Waals surface area contributed by atoms with Gasteiger partial charge in [-0.3, -0.25) is 10.1 Å². The van der Waals surface area contributed by atoms with E-state index < -0.39 is 20.6 Å². The number of sulfonamides is 1. The van der Waals surface area contributed by atoms with E-state index in [-0.39, 0.29) is 23.0 Å². The average molecular weight is 421 g/mol. The Morgan fingerprint density at radius 1 is 1.07 bits per heavy atom. The van der Waals surface area contributed by atoms with Gasteiger partial charge in [0.15, 0.2) is 4.90 Å². The summed E-state index contributed by atoms with van der Waals surface area (Å²) < 4.78 is 27.3. The molecule has 28 heavy (non-hydrogen) atoms. The fourth-order valence-corrected chi connectivity index (χ4v) is 4.90. The minimum Gasteiger partial charge on any atom is -0.370 e. The molecule has 0 radical (unpaired) electrons. The summed E-state index contributed by atoms with van der Waals surface area (Å²) in [7, 11) is -4.03. The molecule has 10 heteroatoms. The van der Waals surface area contributed by atoms with Crippen LogP contribution in [0, 0.1) is 21.4 Å². The Kier molecular flexibility index (Phi) is 5.84. The number of hydrogen-bond acceptors (Lipinski definition) is 6. The first-order valence-corrected chi connectivity index (χ1v) is 10.3. The van der Waals surface area contributed by atoms with E-state index >= 15 is 0 Å². The van der Waals surface area contributed by atoms with E-state index in [9.17, 15) is 18.5 Å². The fraction of sp³-hybridized carbons (Fsp3) is 0.278. The normalized spacial score (nSPS) is 15.6. The van der Waals surface area contributed by atoms with Gasteiger partial charge in [0, 0.05) is 43.0 Å². The Hall–Kier alpha value is -2.67. The Balaban J connectivity index is 1.83. The number of hydrogen-bond donors (Lipinski definition) is 0. The zero-order valence-corrected chi connectivity index (χ0v) is 16.4. The number of nitro groups is 1. The van der Waals surface area contributed by atoms with Crippen LogP contribution in [-0.4, -0.2) is 43.8 Å². The number of nitro benzene ring substituents is 1. The molecule has 1 aliphatic rings. The summed E-state index contributed by atoms with van der Waals surface area (Å²) in [5.41, 5.74) is 0.925. The van der Waals surface area contributed by atoms with E-state index in [0.717, 1.165) is 11.8 Å². The van der Waals surface area contributed by atoms with Gasteiger partial charge in [-0.2, -0.15) is 9.57 Å². The van der Waals surface area contributed by atoms with Crippen LogP contribution in [0.5, 0.6) is 0 Å². The Morgan fingerprint density at radius 3 is 2.43 bits per heavy atom. The second-order valence-electron chi connectivity index (χ2n) is 6.27. The van der Waals surface area contributed by atoms with Gasteiger partial charge in [-0.15, -0.1) is 0 Å². The summed E-state index contributed by atoms with van der Waals surface area (Å²) in [5.74, 6) is 0. The molecule has 146 valence electrons. The number of benzene rings is 2. The number of nitrogens with zero attached hydrogens (tertiary/aromatic N) is 4. The van der Waals surface area contributed by atoms with Gasteiger partial charge in [0.25, 0.3) is 5.69 Å². The first kappa shape index (κ1) is 20.1. The van der Waals surface area contributed by atoms with E-state index in [2.05, 4.69) is 6.07 Å². The number of nitriles is 1. The lowest BCUT2D eigenvalue weighted by Crippen LogP contribution is -2.35. The maximum Gasteiger partial charge on any atom is 0.290 e. The molecule has 0 amide bonds. The lowest BCUT2D eigenvalue weighted by Gasteiger charge is -2.23. The van der Waals surface area contributed by atoms with Gasteiger partial charge in [0.2, 0.25) is 10.0 Å². The van der Waals surface area contributed by atoms with Crippen LogP contribution in [0.1, 0.15) is 12.0 Å². The molecule has 2 aromatic carbocycles. The van der Waals surface area contributed by atoms with Crippen LogP contribution in [0.25, 0.3) is 0 Å². The van der Waals surface area contributed by atoms with Crippen molar-refractivity contribution < 1.29 is 13.3 Å². The Morgan fingerprint density at radius 2 is 1.79 bits per heavy atom. The first-order valence-electron chi connectivity index (χ1n) is 8.52. The van der Waals surface area contributed by atoms with Gasteiger partial charge < -0.3 is 4.90 Å². The molecule has 0 bridgehead atoms. The molecule has 0 aromatic heterocycles. The quantitative estimate of drug-likeness (QED) is 0.555. The average Bonchev–Trinajstić information content (AvgIpc) is 2.94. The minimum atomic E-state index is -4.03. The molecule has 2 aromatic rings. The second-order valence-corrected chi connectivity index (χ2v) is 8.62. The maximum atomic E-state index is 13.0. The van der Waals surface area contributed by atoms with Gasteiger partial charge in [-0.1, -0.05) is 11.6 Å². The molecule has 1 aliphatic heterocycles. The van der Waals surface area contributed by atoms with Gasteiger partial charge in [-0.25, -0.2) is 8.42 Å². The molecule has 8 nitrogen and oxygen atoms in total. The number of rotatable bonds is 4. The highest BCUT2D eigenvalue weighted by atomic mass is 35.5. The van der Waals surface area contributed by atoms with Crippen LogP contribution in [-0.2, 0) is 10.0 Å². The zero-order valence-electron chi connectivity index (χ0n) is 14.8. The molecule has 1 fully saturated rings. The van der Waals surface area contributed by atoms with Crippen LogP contribution < -0.4 is 4.90 Å². The van der Waals surface area contributed by atoms with E-state index in [0.29, 0.717) is 25.1 Å². The predicted molar refractivity (Wildman–Crippen MR) is 105 cm³/mol. The van der Waals surface area contributed by atoms with Crippen molar-refractivity contribution in [3.8, 4) is 6.07 Å². The summed E-state index contributed by atoms with van der Waals surface area (Å²) in [6, 6.07) is 12.7. The SMILES string of the molecule is N#Cc1ccc(N2CCCN(S(=O)(=O)c3ccc(Cl)cc3[N+](=O)[O-])CC2)cc1. The highest BCUT2D eigenvalue weighted by molar-refractivity contribution is 7.89. The predicted octanol–water partition coefficient (Wildman–Crippen LogP) is 3.02. The van der Waals surface area contributed by atoms with Crippen molar-refractivity contribution in [1.82, 2.24) is 4.31 Å². The second kappa shape index (κ2) is 8.14. The van der Waals surface area contributed by atoms with Crippen LogP contribution in [0.15, 0.2) is 47.4 Å². The highest BCUT2D eigenvalue weighted by Gasteiger charge is 2.33. The molecule has 0 unspecified atom stereocenters. The van der Waals surface area contributed by atoms with Gasteiger partial charge in [0.1, 0.15) is 0 Å². The van der Waals surface area contributed by atoms with Crippen molar-refractivity contribution in [1.29, 1.82) is 5.26 Å². The Labute approximate surface area is 167 Å². The molecule has 0 N–H and O–H groups in total. The van der Waals surface area contributed by atoms with Crippen molar-refractivity contribution in [3.63, 3.8) is 0 Å². The van der Waals surface area contributed by atoms with E-state index in [1.165, 1.54) is 16.4 Å². The monoisotopic (exact) mass is 420 g/mol. The Bertz CT molecular complexity index is 1030. The molecule has 1 saturated heterocycles. The van der Waals surface area contributed by atoms with Crippen LogP contribution >= 0.6 is 11.6 Å². The fourth-order valence-electron chi connectivity index (χ4n) is 3.13. The van der Waals surface area contributed by atoms with Gasteiger partial charge in [0.05, 0.1) is 16.6 Å². The summed E-state index contributed by atoms with van der Waals surface area (Å²) in [4.78, 5) is 12.2. The molecule has 0 aliphatic carbocycles. The third-order valence-electron chi connectivity index (χ3n) is 4.55. The van der Waals surface area contributed by atoms with Gasteiger partial charge >= 0.3 is 0 Å². The largest absolute Gasteiger partial charge is 0.370 e. The lowest BCUT2D eigenvalue weighted by atomic mass is 10.2. The minimum absolute atomic E-state index is 0.105. The van der Waals surface area contributed by atoms with E-state index in [1.54, 1.807) is 12.1 Å². The van der Waals surface area contributed by atoms with Crippen molar-refractivity contribution in [2.45, 2.75) is 11.3 Å². The summed E-state index contributed by atoms with van der Waals surface area (Å²) in [6.45, 7) is 1.53. The van der Waals surface area contributed by atoms with Gasteiger partial charge in [-0.05, 0) is 42.8 Å². The van der Waals surface area contributed by atoms with Crippen molar-refractivity contribution >= 4 is 33.0 Å². The highest BCUT2D eigenvalue weighted by Crippen LogP contribution is 2.30. The smallest absolute Gasteiger partial charge is 0.290 e. The third kappa shape index (κ3) is 4.09. The summed E-state index contributed by atoms with van der Waals surface area (Å²) in [5, 5.41) is 20.3. The molecule has 1 heterocycles. The van der Waals surface area contributed by atoms with Crippen LogP contribution in [0.3, 0.4) is 0 Å².